The third kappa shape index (κ3) is 4.22. The SMILES string of the molecule is CCOC(=O)/C=C/c1cc(C)c(C)c(Oc2ccccc2)c1. The van der Waals surface area contributed by atoms with Crippen molar-refractivity contribution in [1.82, 2.24) is 0 Å². The summed E-state index contributed by atoms with van der Waals surface area (Å²) in [4.78, 5) is 11.4. The minimum Gasteiger partial charge on any atom is -0.463 e. The number of carbonyl (C=O) groups is 1. The fourth-order valence-corrected chi connectivity index (χ4v) is 2.03. The van der Waals surface area contributed by atoms with Crippen molar-refractivity contribution in [3.8, 4) is 11.5 Å². The number of aryl methyl sites for hydroxylation is 1. The Bertz CT molecular complexity index is 673. The molecule has 0 bridgehead atoms. The molecule has 22 heavy (non-hydrogen) atoms. The first kappa shape index (κ1) is 15.8. The van der Waals surface area contributed by atoms with Crippen molar-refractivity contribution in [1.29, 1.82) is 0 Å². The largest absolute Gasteiger partial charge is 0.463 e. The van der Waals surface area contributed by atoms with Gasteiger partial charge in [0.1, 0.15) is 11.5 Å². The van der Waals surface area contributed by atoms with E-state index in [2.05, 4.69) is 0 Å². The van der Waals surface area contributed by atoms with Gasteiger partial charge in [-0.2, -0.15) is 0 Å². The average Bonchev–Trinajstić information content (AvgIpc) is 2.51. The molecule has 0 radical (unpaired) electrons. The van der Waals surface area contributed by atoms with Gasteiger partial charge in [0.2, 0.25) is 0 Å². The van der Waals surface area contributed by atoms with Gasteiger partial charge >= 0.3 is 5.97 Å². The van der Waals surface area contributed by atoms with E-state index in [1.54, 1.807) is 13.0 Å². The minimum absolute atomic E-state index is 0.341. The smallest absolute Gasteiger partial charge is 0.330 e. The molecule has 0 aliphatic rings. The Morgan fingerprint density at radius 3 is 2.55 bits per heavy atom. The van der Waals surface area contributed by atoms with Gasteiger partial charge in [0.15, 0.2) is 0 Å². The lowest BCUT2D eigenvalue weighted by Gasteiger charge is -2.12. The van der Waals surface area contributed by atoms with Gasteiger partial charge in [-0.1, -0.05) is 24.3 Å². The van der Waals surface area contributed by atoms with Gasteiger partial charge in [-0.25, -0.2) is 4.79 Å². The first-order chi connectivity index (χ1) is 10.6. The molecule has 0 aromatic heterocycles. The quantitative estimate of drug-likeness (QED) is 0.594. The number of para-hydroxylation sites is 1. The topological polar surface area (TPSA) is 35.5 Å². The van der Waals surface area contributed by atoms with Gasteiger partial charge in [-0.05, 0) is 61.7 Å². The van der Waals surface area contributed by atoms with Crippen LogP contribution in [0.25, 0.3) is 6.08 Å². The maximum Gasteiger partial charge on any atom is 0.330 e. The van der Waals surface area contributed by atoms with E-state index in [1.165, 1.54) is 6.08 Å². The Hall–Kier alpha value is -2.55. The van der Waals surface area contributed by atoms with E-state index in [9.17, 15) is 4.79 Å². The molecule has 0 atom stereocenters. The van der Waals surface area contributed by atoms with Crippen molar-refractivity contribution < 1.29 is 14.3 Å². The van der Waals surface area contributed by atoms with E-state index < -0.39 is 0 Å². The third-order valence-corrected chi connectivity index (χ3v) is 3.31. The van der Waals surface area contributed by atoms with Crippen LogP contribution in [0.5, 0.6) is 11.5 Å². The fourth-order valence-electron chi connectivity index (χ4n) is 2.03. The lowest BCUT2D eigenvalue weighted by atomic mass is 10.0. The highest BCUT2D eigenvalue weighted by Gasteiger charge is 2.06. The molecule has 0 saturated heterocycles. The molecule has 3 nitrogen and oxygen atoms in total. The highest BCUT2D eigenvalue weighted by Crippen LogP contribution is 2.29. The van der Waals surface area contributed by atoms with Crippen molar-refractivity contribution >= 4 is 12.0 Å². The van der Waals surface area contributed by atoms with E-state index in [0.717, 1.165) is 28.2 Å². The van der Waals surface area contributed by atoms with Crippen LogP contribution in [0.3, 0.4) is 0 Å². The van der Waals surface area contributed by atoms with E-state index in [-0.39, 0.29) is 5.97 Å². The van der Waals surface area contributed by atoms with Crippen LogP contribution in [-0.4, -0.2) is 12.6 Å². The van der Waals surface area contributed by atoms with Crippen molar-refractivity contribution in [3.63, 3.8) is 0 Å². The van der Waals surface area contributed by atoms with Crippen LogP contribution in [0.1, 0.15) is 23.6 Å². The maximum absolute atomic E-state index is 11.4. The Labute approximate surface area is 131 Å². The van der Waals surface area contributed by atoms with Crippen molar-refractivity contribution in [2.45, 2.75) is 20.8 Å². The summed E-state index contributed by atoms with van der Waals surface area (Å²) in [5.41, 5.74) is 3.09. The molecule has 114 valence electrons. The predicted molar refractivity (Wildman–Crippen MR) is 88.1 cm³/mol. The molecule has 2 aromatic carbocycles. The molecule has 0 amide bonds. The molecule has 0 aliphatic heterocycles. The molecule has 0 saturated carbocycles. The zero-order chi connectivity index (χ0) is 15.9. The molecule has 0 spiro atoms. The van der Waals surface area contributed by atoms with E-state index >= 15 is 0 Å². The minimum atomic E-state index is -0.341. The Balaban J connectivity index is 2.25. The molecule has 3 heteroatoms. The van der Waals surface area contributed by atoms with Gasteiger partial charge in [0.05, 0.1) is 6.61 Å². The fraction of sp³-hybridized carbons (Fsp3) is 0.211. The van der Waals surface area contributed by atoms with Gasteiger partial charge in [0.25, 0.3) is 0 Å². The Morgan fingerprint density at radius 1 is 1.14 bits per heavy atom. The number of hydrogen-bond donors (Lipinski definition) is 0. The van der Waals surface area contributed by atoms with Gasteiger partial charge in [-0.3, -0.25) is 0 Å². The molecule has 0 heterocycles. The highest BCUT2D eigenvalue weighted by molar-refractivity contribution is 5.87. The highest BCUT2D eigenvalue weighted by atomic mass is 16.5. The third-order valence-electron chi connectivity index (χ3n) is 3.31. The number of hydrogen-bond acceptors (Lipinski definition) is 3. The second-order valence-corrected chi connectivity index (χ2v) is 4.96. The Morgan fingerprint density at radius 2 is 1.86 bits per heavy atom. The summed E-state index contributed by atoms with van der Waals surface area (Å²) in [5, 5.41) is 0. The number of esters is 1. The van der Waals surface area contributed by atoms with E-state index in [1.807, 2.05) is 56.3 Å². The number of ether oxygens (including phenoxy) is 2. The maximum atomic E-state index is 11.4. The van der Waals surface area contributed by atoms with Crippen LogP contribution in [0, 0.1) is 13.8 Å². The number of benzene rings is 2. The lowest BCUT2D eigenvalue weighted by molar-refractivity contribution is -0.137. The second kappa shape index (κ2) is 7.46. The summed E-state index contributed by atoms with van der Waals surface area (Å²) in [6.07, 6.45) is 3.17. The first-order valence-electron chi connectivity index (χ1n) is 7.29. The van der Waals surface area contributed by atoms with Crippen molar-refractivity contribution in [2.24, 2.45) is 0 Å². The zero-order valence-corrected chi connectivity index (χ0v) is 13.1. The molecule has 2 aromatic rings. The summed E-state index contributed by atoms with van der Waals surface area (Å²) in [6, 6.07) is 13.6. The van der Waals surface area contributed by atoms with E-state index in [4.69, 9.17) is 9.47 Å². The van der Waals surface area contributed by atoms with Crippen LogP contribution in [-0.2, 0) is 9.53 Å². The van der Waals surface area contributed by atoms with Crippen LogP contribution < -0.4 is 4.74 Å². The van der Waals surface area contributed by atoms with Crippen LogP contribution in [0.4, 0.5) is 0 Å². The summed E-state index contributed by atoms with van der Waals surface area (Å²) in [6.45, 7) is 6.20. The molecule has 0 aliphatic carbocycles. The van der Waals surface area contributed by atoms with Gasteiger partial charge in [0, 0.05) is 6.08 Å². The molecular formula is C19H20O3. The summed E-state index contributed by atoms with van der Waals surface area (Å²) < 4.78 is 10.8. The molecule has 0 unspecified atom stereocenters. The summed E-state index contributed by atoms with van der Waals surface area (Å²) in [5.74, 6) is 1.23. The summed E-state index contributed by atoms with van der Waals surface area (Å²) in [7, 11) is 0. The number of carbonyl (C=O) groups excluding carboxylic acids is 1. The molecular weight excluding hydrogens is 276 g/mol. The van der Waals surface area contributed by atoms with Crippen LogP contribution in [0.2, 0.25) is 0 Å². The first-order valence-corrected chi connectivity index (χ1v) is 7.29. The van der Waals surface area contributed by atoms with Crippen molar-refractivity contribution in [2.75, 3.05) is 6.61 Å². The van der Waals surface area contributed by atoms with Crippen LogP contribution >= 0.6 is 0 Å². The predicted octanol–water partition coefficient (Wildman–Crippen LogP) is 4.67. The Kier molecular flexibility index (Phi) is 5.37. The van der Waals surface area contributed by atoms with Gasteiger partial charge < -0.3 is 9.47 Å². The van der Waals surface area contributed by atoms with Gasteiger partial charge in [-0.15, -0.1) is 0 Å². The normalized spacial score (nSPS) is 10.7. The average molecular weight is 296 g/mol. The van der Waals surface area contributed by atoms with Crippen LogP contribution in [0.15, 0.2) is 48.5 Å². The standard InChI is InChI=1S/C19H20O3/c1-4-21-19(20)11-10-16-12-14(2)15(3)18(13-16)22-17-8-6-5-7-9-17/h5-13H,4H2,1-3H3/b11-10+. The van der Waals surface area contributed by atoms with E-state index in [0.29, 0.717) is 6.61 Å². The zero-order valence-electron chi connectivity index (χ0n) is 13.1. The second-order valence-electron chi connectivity index (χ2n) is 4.96. The molecule has 0 N–H and O–H groups in total. The number of rotatable bonds is 5. The van der Waals surface area contributed by atoms with Crippen molar-refractivity contribution in [3.05, 3.63) is 65.2 Å². The lowest BCUT2D eigenvalue weighted by Crippen LogP contribution is -1.98. The molecule has 2 rings (SSSR count). The molecule has 0 fully saturated rings. The summed E-state index contributed by atoms with van der Waals surface area (Å²) >= 11 is 0. The monoisotopic (exact) mass is 296 g/mol.